The number of hydrogen-bond donors (Lipinski definition) is 3. The number of aromatic nitrogens is 2. The first-order valence-electron chi connectivity index (χ1n) is 26.0. The number of H-pyrrole nitrogens is 1. The number of nitrogens with zero attached hydrogens (tertiary/aromatic N) is 1. The molecular weight excluding hydrogens is 825 g/mol. The molecule has 8 aliphatic rings. The molecule has 0 radical (unpaired) electrons. The third-order valence-electron chi connectivity index (χ3n) is 21.1. The average molecular weight is 901 g/mol. The van der Waals surface area contributed by atoms with Gasteiger partial charge in [-0.15, -0.1) is 0 Å². The molecule has 66 heavy (non-hydrogen) atoms. The van der Waals surface area contributed by atoms with Crippen LogP contribution >= 0.6 is 0 Å². The van der Waals surface area contributed by atoms with Crippen molar-refractivity contribution in [2.24, 2.45) is 50.7 Å². The van der Waals surface area contributed by atoms with Gasteiger partial charge in [-0.3, -0.25) is 9.59 Å². The first-order valence-corrected chi connectivity index (χ1v) is 26.0. The number of rotatable bonds is 8. The van der Waals surface area contributed by atoms with Crippen LogP contribution in [0.25, 0.3) is 11.0 Å². The van der Waals surface area contributed by atoms with Crippen molar-refractivity contribution in [1.82, 2.24) is 9.55 Å². The number of benzene rings is 1. The molecule has 2 aromatic heterocycles. The summed E-state index contributed by atoms with van der Waals surface area (Å²) in [5.74, 6) is 0.455. The molecule has 11 rings (SSSR count). The van der Waals surface area contributed by atoms with Crippen molar-refractivity contribution in [2.45, 2.75) is 188 Å². The molecule has 0 bridgehead atoms. The highest BCUT2D eigenvalue weighted by molar-refractivity contribution is 6.02. The molecule has 5 aliphatic carbocycles. The lowest BCUT2D eigenvalue weighted by atomic mass is 9.33. The summed E-state index contributed by atoms with van der Waals surface area (Å²) in [6, 6.07) is 6.68. The van der Waals surface area contributed by atoms with Crippen molar-refractivity contribution in [1.29, 1.82) is 0 Å². The van der Waals surface area contributed by atoms with E-state index < -0.39 is 51.3 Å². The Morgan fingerprint density at radius 3 is 2.36 bits per heavy atom. The highest BCUT2D eigenvalue weighted by atomic mass is 16.6. The zero-order valence-electron chi connectivity index (χ0n) is 41.1. The number of aliphatic hydroxyl groups is 2. The van der Waals surface area contributed by atoms with Crippen LogP contribution in [0.4, 0.5) is 0 Å². The van der Waals surface area contributed by atoms with Crippen molar-refractivity contribution in [3.8, 4) is 0 Å². The van der Waals surface area contributed by atoms with E-state index in [0.717, 1.165) is 109 Å². The Balaban J connectivity index is 1.08. The predicted octanol–water partition coefficient (Wildman–Crippen LogP) is 10.2. The normalized spacial score (nSPS) is 39.9. The van der Waals surface area contributed by atoms with Gasteiger partial charge in [-0.25, -0.2) is 0 Å². The Labute approximate surface area is 392 Å². The Hall–Kier alpha value is -3.37. The third kappa shape index (κ3) is 6.32. The first kappa shape index (κ1) is 45.1. The van der Waals surface area contributed by atoms with Gasteiger partial charge in [-0.05, 0) is 147 Å². The Kier molecular flexibility index (Phi) is 10.5. The summed E-state index contributed by atoms with van der Waals surface area (Å²) in [6.07, 6.45) is 15.2. The zero-order valence-corrected chi connectivity index (χ0v) is 41.1. The van der Waals surface area contributed by atoms with Crippen LogP contribution in [0.3, 0.4) is 0 Å². The van der Waals surface area contributed by atoms with E-state index in [2.05, 4.69) is 81.7 Å². The number of allylic oxidation sites excluding steroid dienone is 1. The average Bonchev–Trinajstić information content (AvgIpc) is 3.83. The molecule has 9 nitrogen and oxygen atoms in total. The standard InChI is InChI=1S/C57H76N2O7/c1-32-23-35(33-16-21-65-22-17-33)25-36(24-32)40(31-60)38-29-59-30-39-45-46(53(4,26-42(62)51-52(2,3)66-51)18-13-34-28-58-47(38)48(34)59)41(61)27-56(45,7)55(6)20-14-43-54(5,50(55)49(39)64)19-15-44(63)57(43,8)37-11-9-10-12-37/h23-25,28-29,31,33,37,39-40,42-43,49-51,58,62,64H,9-22,26-27,30H2,1-8H3/t39-,40+,42-,43-,49-,50-,51-,53+,54-,55+,56+,57+/m1/s1. The third-order valence-corrected chi connectivity index (χ3v) is 21.1. The molecule has 3 aliphatic heterocycles. The Morgan fingerprint density at radius 2 is 1.67 bits per heavy atom. The van der Waals surface area contributed by atoms with Crippen molar-refractivity contribution in [3.63, 3.8) is 0 Å². The van der Waals surface area contributed by atoms with Gasteiger partial charge in [0.1, 0.15) is 18.2 Å². The van der Waals surface area contributed by atoms with Gasteiger partial charge in [-0.1, -0.05) is 71.2 Å². The number of carbonyl (C=O) groups is 3. The maximum atomic E-state index is 15.4. The number of aldehydes is 1. The predicted molar refractivity (Wildman–Crippen MR) is 255 cm³/mol. The number of nitrogens with one attached hydrogen (secondary N) is 1. The first-order chi connectivity index (χ1) is 31.3. The maximum absolute atomic E-state index is 15.4. The van der Waals surface area contributed by atoms with Crippen LogP contribution in [0.15, 0.2) is 41.7 Å². The molecule has 5 heterocycles. The molecule has 2 saturated heterocycles. The van der Waals surface area contributed by atoms with Crippen LogP contribution in [0.2, 0.25) is 0 Å². The summed E-state index contributed by atoms with van der Waals surface area (Å²) in [5.41, 5.74) is 6.58. The number of aromatic amines is 1. The van der Waals surface area contributed by atoms with E-state index in [1.165, 1.54) is 18.4 Å². The van der Waals surface area contributed by atoms with Gasteiger partial charge in [-0.2, -0.15) is 0 Å². The summed E-state index contributed by atoms with van der Waals surface area (Å²) in [4.78, 5) is 47.1. The van der Waals surface area contributed by atoms with Gasteiger partial charge in [0.25, 0.3) is 0 Å². The van der Waals surface area contributed by atoms with Gasteiger partial charge in [0, 0.05) is 72.9 Å². The summed E-state index contributed by atoms with van der Waals surface area (Å²) >= 11 is 0. The molecule has 1 aromatic carbocycles. The smallest absolute Gasteiger partial charge is 0.160 e. The van der Waals surface area contributed by atoms with Gasteiger partial charge in [0.2, 0.25) is 0 Å². The molecule has 0 amide bonds. The fraction of sp³-hybridized carbons (Fsp3) is 0.702. The molecule has 0 unspecified atom stereocenters. The van der Waals surface area contributed by atoms with Crippen molar-refractivity contribution >= 4 is 28.9 Å². The number of fused-ring (bicyclic) bond motifs is 4. The van der Waals surface area contributed by atoms with E-state index >= 15 is 4.79 Å². The summed E-state index contributed by atoms with van der Waals surface area (Å²) in [6.45, 7) is 19.8. The Bertz CT molecular complexity index is 2520. The quantitative estimate of drug-likeness (QED) is 0.151. The molecule has 4 saturated carbocycles. The minimum Gasteiger partial charge on any atom is -0.392 e. The fourth-order valence-corrected chi connectivity index (χ4v) is 17.6. The summed E-state index contributed by atoms with van der Waals surface area (Å²) in [5, 5.41) is 25.8. The van der Waals surface area contributed by atoms with E-state index in [-0.39, 0.29) is 29.1 Å². The number of aliphatic hydroxyl groups excluding tert-OH is 2. The van der Waals surface area contributed by atoms with Crippen LogP contribution in [0.5, 0.6) is 0 Å². The van der Waals surface area contributed by atoms with E-state index in [4.69, 9.17) is 9.47 Å². The lowest BCUT2D eigenvalue weighted by Gasteiger charge is -2.70. The van der Waals surface area contributed by atoms with Gasteiger partial charge < -0.3 is 34.0 Å². The number of epoxide rings is 1. The molecule has 12 atom stereocenters. The zero-order chi connectivity index (χ0) is 46.5. The van der Waals surface area contributed by atoms with Crippen molar-refractivity contribution in [3.05, 3.63) is 69.6 Å². The van der Waals surface area contributed by atoms with Gasteiger partial charge in [0.15, 0.2) is 5.78 Å². The van der Waals surface area contributed by atoms with E-state index in [1.54, 1.807) is 0 Å². The van der Waals surface area contributed by atoms with Crippen LogP contribution in [0, 0.1) is 57.7 Å². The minimum atomic E-state index is -0.781. The fourth-order valence-electron chi connectivity index (χ4n) is 17.6. The van der Waals surface area contributed by atoms with Crippen LogP contribution < -0.4 is 0 Å². The molecule has 3 N–H and O–H groups in total. The van der Waals surface area contributed by atoms with Crippen molar-refractivity contribution in [2.75, 3.05) is 13.2 Å². The molecule has 3 aromatic rings. The number of Topliss-reactive ketones (excluding diaryl/α,β-unsaturated/α-hetero) is 2. The minimum absolute atomic E-state index is 0.140. The second-order valence-corrected chi connectivity index (χ2v) is 24.9. The second kappa shape index (κ2) is 15.3. The van der Waals surface area contributed by atoms with Crippen molar-refractivity contribution < 1.29 is 34.1 Å². The SMILES string of the molecule is Cc1cc(C2CCOCC2)cc([C@H](C=O)c2cn3c4c(c[nH]c24)CC[C@@](C)(C[C@@H](O)[C@H]2OC2(C)C)C2=C4[C@@H](C3)[C@@H](O)[C@@H]3[C@]5(C)CCC(=O)[C@@](C)(C6CCCC6)[C@@H]5CC[C@]3(C)[C@@]4(C)CC2=O)c1. The summed E-state index contributed by atoms with van der Waals surface area (Å²) < 4.78 is 14.1. The number of aryl methyl sites for hydroxylation is 2. The molecule has 6 fully saturated rings. The highest BCUT2D eigenvalue weighted by Gasteiger charge is 2.73. The summed E-state index contributed by atoms with van der Waals surface area (Å²) in [7, 11) is 0. The molecule has 356 valence electrons. The number of ketones is 2. The lowest BCUT2D eigenvalue weighted by molar-refractivity contribution is -0.227. The largest absolute Gasteiger partial charge is 0.392 e. The van der Waals surface area contributed by atoms with E-state index in [0.29, 0.717) is 56.3 Å². The van der Waals surface area contributed by atoms with Gasteiger partial charge >= 0.3 is 0 Å². The second-order valence-electron chi connectivity index (χ2n) is 24.9. The number of hydrogen-bond acceptors (Lipinski definition) is 7. The molecular formula is C57H76N2O7. The van der Waals surface area contributed by atoms with Crippen LogP contribution in [-0.2, 0) is 36.8 Å². The van der Waals surface area contributed by atoms with Crippen LogP contribution in [0.1, 0.15) is 172 Å². The molecule has 9 heteroatoms. The monoisotopic (exact) mass is 901 g/mol. The lowest BCUT2D eigenvalue weighted by Crippen LogP contribution is -2.68. The molecule has 0 spiro atoms. The highest BCUT2D eigenvalue weighted by Crippen LogP contribution is 2.76. The van der Waals surface area contributed by atoms with Gasteiger partial charge in [0.05, 0.1) is 34.8 Å². The number of carbonyl (C=O) groups excluding carboxylic acids is 3. The number of ether oxygens (including phenoxy) is 2. The van der Waals surface area contributed by atoms with E-state index in [9.17, 15) is 19.8 Å². The maximum Gasteiger partial charge on any atom is 0.160 e. The Morgan fingerprint density at radius 1 is 0.939 bits per heavy atom. The topological polar surface area (TPSA) is 134 Å². The van der Waals surface area contributed by atoms with E-state index in [1.807, 2.05) is 13.8 Å². The van der Waals surface area contributed by atoms with Crippen LogP contribution in [-0.4, -0.2) is 74.7 Å².